The number of carbonyl (C=O) groups is 3. The van der Waals surface area contributed by atoms with Crippen molar-refractivity contribution >= 4 is 17.8 Å². The lowest BCUT2D eigenvalue weighted by Gasteiger charge is -2.21. The van der Waals surface area contributed by atoms with Crippen LogP contribution in [-0.4, -0.2) is 37.5 Å². The third kappa shape index (κ3) is 5.59. The molecule has 0 saturated carbocycles. The van der Waals surface area contributed by atoms with Gasteiger partial charge in [0.05, 0.1) is 13.4 Å². The molecule has 2 amide bonds. The highest BCUT2D eigenvalue weighted by Gasteiger charge is 2.25. The summed E-state index contributed by atoms with van der Waals surface area (Å²) in [6.45, 7) is 4.01. The van der Waals surface area contributed by atoms with Crippen LogP contribution in [-0.2, 0) is 14.3 Å². The first-order valence-corrected chi connectivity index (χ1v) is 7.14. The van der Waals surface area contributed by atoms with Crippen LogP contribution in [0.2, 0.25) is 0 Å². The van der Waals surface area contributed by atoms with E-state index in [2.05, 4.69) is 15.4 Å². The zero-order valence-electron chi connectivity index (χ0n) is 13.0. The molecule has 1 aromatic rings. The quantitative estimate of drug-likeness (QED) is 0.553. The SMILES string of the molecule is COC(=O)CCCNC(=O)[C@H](NC(=O)c1ccco1)C(C)C. The Labute approximate surface area is 129 Å². The third-order valence-electron chi connectivity index (χ3n) is 3.07. The van der Waals surface area contributed by atoms with Crippen LogP contribution in [0, 0.1) is 5.92 Å². The summed E-state index contributed by atoms with van der Waals surface area (Å²) >= 11 is 0. The molecule has 0 unspecified atom stereocenters. The summed E-state index contributed by atoms with van der Waals surface area (Å²) < 4.78 is 9.52. The van der Waals surface area contributed by atoms with Crippen LogP contribution in [0.1, 0.15) is 37.2 Å². The van der Waals surface area contributed by atoms with Crippen LogP contribution in [0.4, 0.5) is 0 Å². The summed E-state index contributed by atoms with van der Waals surface area (Å²) in [4.78, 5) is 35.0. The van der Waals surface area contributed by atoms with Gasteiger partial charge in [-0.1, -0.05) is 13.8 Å². The van der Waals surface area contributed by atoms with Gasteiger partial charge in [-0.25, -0.2) is 0 Å². The molecule has 0 spiro atoms. The van der Waals surface area contributed by atoms with Crippen molar-refractivity contribution in [3.05, 3.63) is 24.2 Å². The maximum Gasteiger partial charge on any atom is 0.305 e. The van der Waals surface area contributed by atoms with Crippen molar-refractivity contribution in [3.63, 3.8) is 0 Å². The highest BCUT2D eigenvalue weighted by atomic mass is 16.5. The number of amides is 2. The van der Waals surface area contributed by atoms with Gasteiger partial charge < -0.3 is 19.8 Å². The summed E-state index contributed by atoms with van der Waals surface area (Å²) in [6, 6.07) is 2.46. The molecule has 1 rings (SSSR count). The molecule has 0 aliphatic heterocycles. The fourth-order valence-electron chi connectivity index (χ4n) is 1.81. The summed E-state index contributed by atoms with van der Waals surface area (Å²) in [5.41, 5.74) is 0. The Balaban J connectivity index is 2.46. The molecule has 7 nitrogen and oxygen atoms in total. The van der Waals surface area contributed by atoms with E-state index in [0.29, 0.717) is 13.0 Å². The zero-order chi connectivity index (χ0) is 16.5. The molecule has 0 fully saturated rings. The molecule has 0 bridgehead atoms. The van der Waals surface area contributed by atoms with Gasteiger partial charge in [0, 0.05) is 13.0 Å². The van der Waals surface area contributed by atoms with Gasteiger partial charge in [-0.2, -0.15) is 0 Å². The molecular weight excluding hydrogens is 288 g/mol. The van der Waals surface area contributed by atoms with E-state index in [9.17, 15) is 14.4 Å². The molecule has 7 heteroatoms. The van der Waals surface area contributed by atoms with E-state index in [0.717, 1.165) is 0 Å². The Kier molecular flexibility index (Phi) is 7.15. The molecular formula is C15H22N2O5. The molecule has 0 saturated heterocycles. The van der Waals surface area contributed by atoms with Gasteiger partial charge in [0.2, 0.25) is 5.91 Å². The van der Waals surface area contributed by atoms with Crippen LogP contribution in [0.15, 0.2) is 22.8 Å². The molecule has 0 aromatic carbocycles. The maximum atomic E-state index is 12.1. The molecule has 0 aliphatic carbocycles. The van der Waals surface area contributed by atoms with Crippen molar-refractivity contribution in [3.8, 4) is 0 Å². The van der Waals surface area contributed by atoms with Crippen molar-refractivity contribution in [2.75, 3.05) is 13.7 Å². The average molecular weight is 310 g/mol. The first-order chi connectivity index (χ1) is 10.5. The van der Waals surface area contributed by atoms with Gasteiger partial charge >= 0.3 is 5.97 Å². The lowest BCUT2D eigenvalue weighted by atomic mass is 10.0. The van der Waals surface area contributed by atoms with Crippen LogP contribution in [0.5, 0.6) is 0 Å². The molecule has 1 atom stereocenters. The molecule has 122 valence electrons. The van der Waals surface area contributed by atoms with Gasteiger partial charge in [-0.15, -0.1) is 0 Å². The minimum absolute atomic E-state index is 0.0838. The number of ether oxygens (including phenoxy) is 1. The maximum absolute atomic E-state index is 12.1. The fraction of sp³-hybridized carbons (Fsp3) is 0.533. The van der Waals surface area contributed by atoms with Crippen molar-refractivity contribution in [1.29, 1.82) is 0 Å². The van der Waals surface area contributed by atoms with E-state index in [4.69, 9.17) is 4.42 Å². The second-order valence-electron chi connectivity index (χ2n) is 5.14. The normalized spacial score (nSPS) is 11.8. The summed E-state index contributed by atoms with van der Waals surface area (Å²) in [5.74, 6) is -0.974. The molecule has 1 heterocycles. The predicted molar refractivity (Wildman–Crippen MR) is 79.1 cm³/mol. The Morgan fingerprint density at radius 3 is 2.59 bits per heavy atom. The first kappa shape index (κ1) is 17.7. The van der Waals surface area contributed by atoms with E-state index in [1.165, 1.54) is 19.4 Å². The Morgan fingerprint density at radius 2 is 2.05 bits per heavy atom. The number of methoxy groups -OCH3 is 1. The zero-order valence-corrected chi connectivity index (χ0v) is 13.0. The number of hydrogen-bond donors (Lipinski definition) is 2. The van der Waals surface area contributed by atoms with Gasteiger partial charge in [0.1, 0.15) is 6.04 Å². The number of esters is 1. The van der Waals surface area contributed by atoms with Crippen molar-refractivity contribution < 1.29 is 23.5 Å². The minimum atomic E-state index is -0.671. The molecule has 0 aliphatic rings. The minimum Gasteiger partial charge on any atom is -0.469 e. The van der Waals surface area contributed by atoms with Crippen molar-refractivity contribution in [2.24, 2.45) is 5.92 Å². The second kappa shape index (κ2) is 8.86. The van der Waals surface area contributed by atoms with E-state index in [-0.39, 0.29) is 30.0 Å². The van der Waals surface area contributed by atoms with Crippen LogP contribution in [0.3, 0.4) is 0 Å². The average Bonchev–Trinajstić information content (AvgIpc) is 3.02. The van der Waals surface area contributed by atoms with Crippen molar-refractivity contribution in [2.45, 2.75) is 32.7 Å². The van der Waals surface area contributed by atoms with E-state index >= 15 is 0 Å². The smallest absolute Gasteiger partial charge is 0.305 e. The van der Waals surface area contributed by atoms with Crippen molar-refractivity contribution in [1.82, 2.24) is 10.6 Å². The Bertz CT molecular complexity index is 496. The molecule has 22 heavy (non-hydrogen) atoms. The summed E-state index contributed by atoms with van der Waals surface area (Å²) in [7, 11) is 1.32. The van der Waals surface area contributed by atoms with Gasteiger partial charge in [-0.05, 0) is 24.5 Å². The number of carbonyl (C=O) groups excluding carboxylic acids is 3. The van der Waals surface area contributed by atoms with E-state index < -0.39 is 11.9 Å². The van der Waals surface area contributed by atoms with Gasteiger partial charge in [0.15, 0.2) is 5.76 Å². The van der Waals surface area contributed by atoms with Crippen LogP contribution < -0.4 is 10.6 Å². The number of furan rings is 1. The number of hydrogen-bond acceptors (Lipinski definition) is 5. The highest BCUT2D eigenvalue weighted by molar-refractivity contribution is 5.95. The molecule has 1 aromatic heterocycles. The monoisotopic (exact) mass is 310 g/mol. The molecule has 2 N–H and O–H groups in total. The standard InChI is InChI=1S/C15H22N2O5/c1-10(2)13(17-14(19)11-6-5-9-22-11)15(20)16-8-4-7-12(18)21-3/h5-6,9-10,13H,4,7-8H2,1-3H3,(H,16,20)(H,17,19)/t13-/m1/s1. The lowest BCUT2D eigenvalue weighted by molar-refractivity contribution is -0.140. The van der Waals surface area contributed by atoms with Gasteiger partial charge in [-0.3, -0.25) is 14.4 Å². The number of rotatable bonds is 8. The fourth-order valence-corrected chi connectivity index (χ4v) is 1.81. The lowest BCUT2D eigenvalue weighted by Crippen LogP contribution is -2.49. The first-order valence-electron chi connectivity index (χ1n) is 7.14. The van der Waals surface area contributed by atoms with E-state index in [1.807, 2.05) is 13.8 Å². The summed E-state index contributed by atoms with van der Waals surface area (Å²) in [5, 5.41) is 5.35. The van der Waals surface area contributed by atoms with Gasteiger partial charge in [0.25, 0.3) is 5.91 Å². The number of nitrogens with one attached hydrogen (secondary N) is 2. The molecule has 0 radical (unpaired) electrons. The Hall–Kier alpha value is -2.31. The largest absolute Gasteiger partial charge is 0.469 e. The van der Waals surface area contributed by atoms with Crippen LogP contribution >= 0.6 is 0 Å². The van der Waals surface area contributed by atoms with E-state index in [1.54, 1.807) is 6.07 Å². The van der Waals surface area contributed by atoms with Crippen LogP contribution in [0.25, 0.3) is 0 Å². The predicted octanol–water partition coefficient (Wildman–Crippen LogP) is 1.10. The topological polar surface area (TPSA) is 97.6 Å². The third-order valence-corrected chi connectivity index (χ3v) is 3.07. The highest BCUT2D eigenvalue weighted by Crippen LogP contribution is 2.06. The Morgan fingerprint density at radius 1 is 1.32 bits per heavy atom. The second-order valence-corrected chi connectivity index (χ2v) is 5.14. The summed E-state index contributed by atoms with van der Waals surface area (Å²) in [6.07, 6.45) is 2.11.